The maximum absolute atomic E-state index is 10.8. The van der Waals surface area contributed by atoms with Gasteiger partial charge in [0.2, 0.25) is 0 Å². The summed E-state index contributed by atoms with van der Waals surface area (Å²) in [4.78, 5) is 14.6. The zero-order valence-electron chi connectivity index (χ0n) is 8.16. The van der Waals surface area contributed by atoms with Gasteiger partial charge in [-0.15, -0.1) is 0 Å². The molecule has 76 valence electrons. The van der Waals surface area contributed by atoms with Crippen molar-refractivity contribution in [3.8, 4) is 0 Å². The number of aliphatic imine (C=N–C) groups is 1. The van der Waals surface area contributed by atoms with E-state index < -0.39 is 6.04 Å². The number of guanidine groups is 1. The van der Waals surface area contributed by atoms with E-state index in [2.05, 4.69) is 4.99 Å². The van der Waals surface area contributed by atoms with E-state index in [0.717, 1.165) is 0 Å². The second-order valence-electron chi connectivity index (χ2n) is 3.32. The van der Waals surface area contributed by atoms with Gasteiger partial charge >= 0.3 is 0 Å². The first kappa shape index (κ1) is 11.9. The second-order valence-corrected chi connectivity index (χ2v) is 3.32. The van der Waals surface area contributed by atoms with E-state index >= 15 is 0 Å². The van der Waals surface area contributed by atoms with E-state index in [4.69, 9.17) is 17.2 Å². The van der Waals surface area contributed by atoms with Crippen LogP contribution in [-0.2, 0) is 4.79 Å². The van der Waals surface area contributed by atoms with E-state index in [1.54, 1.807) is 0 Å². The second kappa shape index (κ2) is 5.53. The van der Waals surface area contributed by atoms with Crippen LogP contribution in [0.15, 0.2) is 4.99 Å². The zero-order valence-corrected chi connectivity index (χ0v) is 8.16. The van der Waals surface area contributed by atoms with E-state index in [1.807, 2.05) is 6.92 Å². The fraction of sp³-hybridized carbons (Fsp3) is 0.750. The molecule has 0 rings (SSSR count). The van der Waals surface area contributed by atoms with Crippen LogP contribution in [0.25, 0.3) is 0 Å². The van der Waals surface area contributed by atoms with Crippen LogP contribution < -0.4 is 17.2 Å². The highest BCUT2D eigenvalue weighted by Crippen LogP contribution is 2.05. The summed E-state index contributed by atoms with van der Waals surface area (Å²) in [5.74, 6) is 0.292. The number of nitrogens with zero attached hydrogens (tertiary/aromatic N) is 1. The van der Waals surface area contributed by atoms with Crippen LogP contribution in [0.5, 0.6) is 0 Å². The third kappa shape index (κ3) is 6.10. The van der Waals surface area contributed by atoms with Crippen LogP contribution in [0.4, 0.5) is 0 Å². The molecule has 0 saturated heterocycles. The first-order chi connectivity index (χ1) is 5.93. The smallest absolute Gasteiger partial charge is 0.185 e. The zero-order chi connectivity index (χ0) is 10.4. The molecule has 0 aromatic carbocycles. The van der Waals surface area contributed by atoms with Crippen LogP contribution in [0.1, 0.15) is 20.3 Å². The lowest BCUT2D eigenvalue weighted by atomic mass is 10.0. The van der Waals surface area contributed by atoms with E-state index in [1.165, 1.54) is 6.92 Å². The minimum Gasteiger partial charge on any atom is -0.370 e. The van der Waals surface area contributed by atoms with Crippen molar-refractivity contribution >= 4 is 11.7 Å². The van der Waals surface area contributed by atoms with Gasteiger partial charge in [-0.3, -0.25) is 9.79 Å². The van der Waals surface area contributed by atoms with Gasteiger partial charge in [-0.25, -0.2) is 0 Å². The average molecular weight is 186 g/mol. The Balaban J connectivity index is 3.80. The van der Waals surface area contributed by atoms with Crippen molar-refractivity contribution < 1.29 is 4.79 Å². The van der Waals surface area contributed by atoms with Gasteiger partial charge in [-0.1, -0.05) is 6.92 Å². The Morgan fingerprint density at radius 1 is 1.46 bits per heavy atom. The molecule has 1 unspecified atom stereocenters. The Bertz CT molecular complexity index is 198. The minimum absolute atomic E-state index is 0.00319. The monoisotopic (exact) mass is 186 g/mol. The number of ketones is 1. The summed E-state index contributed by atoms with van der Waals surface area (Å²) >= 11 is 0. The molecule has 0 spiro atoms. The molecule has 13 heavy (non-hydrogen) atoms. The van der Waals surface area contributed by atoms with Crippen molar-refractivity contribution in [2.75, 3.05) is 6.54 Å². The highest BCUT2D eigenvalue weighted by molar-refractivity contribution is 5.81. The van der Waals surface area contributed by atoms with Gasteiger partial charge in [0.25, 0.3) is 0 Å². The van der Waals surface area contributed by atoms with Crippen molar-refractivity contribution in [1.29, 1.82) is 0 Å². The Hall–Kier alpha value is -1.10. The van der Waals surface area contributed by atoms with Crippen LogP contribution in [-0.4, -0.2) is 24.3 Å². The minimum atomic E-state index is -0.399. The summed E-state index contributed by atoms with van der Waals surface area (Å²) < 4.78 is 0. The summed E-state index contributed by atoms with van der Waals surface area (Å²) in [5, 5.41) is 0. The molecule has 0 bridgehead atoms. The summed E-state index contributed by atoms with van der Waals surface area (Å²) in [6.45, 7) is 3.95. The highest BCUT2D eigenvalue weighted by Gasteiger charge is 2.12. The molecule has 0 saturated carbocycles. The third-order valence-corrected chi connectivity index (χ3v) is 1.76. The molecule has 5 heteroatoms. The Kier molecular flexibility index (Phi) is 5.06. The predicted molar refractivity (Wildman–Crippen MR) is 53.1 cm³/mol. The van der Waals surface area contributed by atoms with Crippen molar-refractivity contribution in [2.24, 2.45) is 28.1 Å². The molecule has 0 aliphatic carbocycles. The third-order valence-electron chi connectivity index (χ3n) is 1.76. The summed E-state index contributed by atoms with van der Waals surface area (Å²) in [6, 6.07) is -0.399. The molecule has 5 nitrogen and oxygen atoms in total. The fourth-order valence-corrected chi connectivity index (χ4v) is 0.935. The highest BCUT2D eigenvalue weighted by atomic mass is 16.1. The number of hydrogen-bond acceptors (Lipinski definition) is 3. The standard InChI is InChI=1S/C8H18N4O/c1-5(4-12-8(10)11)3-7(9)6(2)13/h5,7H,3-4,9H2,1-2H3,(H4,10,11,12)/t5?,7-/m0/s1. The molecular formula is C8H18N4O. The topological polar surface area (TPSA) is 107 Å². The van der Waals surface area contributed by atoms with Gasteiger partial charge in [0.15, 0.2) is 5.96 Å². The molecule has 0 heterocycles. The van der Waals surface area contributed by atoms with Crippen LogP contribution in [0.2, 0.25) is 0 Å². The number of hydrogen-bond donors (Lipinski definition) is 3. The summed E-state index contributed by atoms with van der Waals surface area (Å²) in [6.07, 6.45) is 0.617. The number of rotatable bonds is 5. The quantitative estimate of drug-likeness (QED) is 0.386. The summed E-state index contributed by atoms with van der Waals surface area (Å²) in [5.41, 5.74) is 15.9. The lowest BCUT2D eigenvalue weighted by Crippen LogP contribution is -2.31. The summed E-state index contributed by atoms with van der Waals surface area (Å²) in [7, 11) is 0. The van der Waals surface area contributed by atoms with Gasteiger partial charge in [-0.05, 0) is 19.3 Å². The molecule has 0 aliphatic heterocycles. The Morgan fingerprint density at radius 3 is 2.38 bits per heavy atom. The first-order valence-corrected chi connectivity index (χ1v) is 4.25. The van der Waals surface area contributed by atoms with Gasteiger partial charge in [-0.2, -0.15) is 0 Å². The van der Waals surface area contributed by atoms with Crippen LogP contribution in [0, 0.1) is 5.92 Å². The molecule has 2 atom stereocenters. The largest absolute Gasteiger partial charge is 0.370 e. The van der Waals surface area contributed by atoms with E-state index in [-0.39, 0.29) is 17.7 Å². The molecule has 6 N–H and O–H groups in total. The lowest BCUT2D eigenvalue weighted by Gasteiger charge is -2.12. The maximum atomic E-state index is 10.8. The molecule has 0 aliphatic rings. The first-order valence-electron chi connectivity index (χ1n) is 4.25. The van der Waals surface area contributed by atoms with Gasteiger partial charge < -0.3 is 17.2 Å². The lowest BCUT2D eigenvalue weighted by molar-refractivity contribution is -0.118. The molecule has 0 radical (unpaired) electrons. The number of carbonyl (C=O) groups excluding carboxylic acids is 1. The normalized spacial score (nSPS) is 14.7. The average Bonchev–Trinajstić information content (AvgIpc) is 2.00. The van der Waals surface area contributed by atoms with Crippen LogP contribution in [0.3, 0.4) is 0 Å². The molecule has 0 amide bonds. The van der Waals surface area contributed by atoms with Gasteiger partial charge in [0.1, 0.15) is 5.78 Å². The van der Waals surface area contributed by atoms with E-state index in [9.17, 15) is 4.79 Å². The molecule has 0 aromatic rings. The van der Waals surface area contributed by atoms with Gasteiger partial charge in [0.05, 0.1) is 6.04 Å². The van der Waals surface area contributed by atoms with Crippen molar-refractivity contribution in [2.45, 2.75) is 26.3 Å². The fourth-order valence-electron chi connectivity index (χ4n) is 0.935. The van der Waals surface area contributed by atoms with Crippen LogP contribution >= 0.6 is 0 Å². The van der Waals surface area contributed by atoms with Gasteiger partial charge in [0, 0.05) is 6.54 Å². The van der Waals surface area contributed by atoms with Crippen molar-refractivity contribution in [1.82, 2.24) is 0 Å². The van der Waals surface area contributed by atoms with E-state index in [0.29, 0.717) is 13.0 Å². The maximum Gasteiger partial charge on any atom is 0.185 e. The molecule has 0 aromatic heterocycles. The number of nitrogens with two attached hydrogens (primary N) is 3. The van der Waals surface area contributed by atoms with Crippen molar-refractivity contribution in [3.63, 3.8) is 0 Å². The van der Waals surface area contributed by atoms with Crippen molar-refractivity contribution in [3.05, 3.63) is 0 Å². The Labute approximate surface area is 78.4 Å². The number of Topliss-reactive ketones (excluding diaryl/α,β-unsaturated/α-hetero) is 1. The predicted octanol–water partition coefficient (Wildman–Crippen LogP) is -0.798. The Morgan fingerprint density at radius 2 is 2.00 bits per heavy atom. The SMILES string of the molecule is CC(=O)[C@@H](N)CC(C)CN=C(N)N. The number of carbonyl (C=O) groups is 1. The molecule has 0 fully saturated rings. The molecular weight excluding hydrogens is 168 g/mol.